The molecule has 3 heterocycles. The topological polar surface area (TPSA) is 146 Å². The summed E-state index contributed by atoms with van der Waals surface area (Å²) in [7, 11) is 1.97. The van der Waals surface area contributed by atoms with Crippen LogP contribution in [0.25, 0.3) is 11.1 Å². The Bertz CT molecular complexity index is 2040. The zero-order chi connectivity index (χ0) is 37.3. The predicted molar refractivity (Wildman–Crippen MR) is 202 cm³/mol. The monoisotopic (exact) mass is 736 g/mol. The van der Waals surface area contributed by atoms with Crippen LogP contribution in [0.15, 0.2) is 67.0 Å². The number of nitrogens with zero attached hydrogens (tertiary/aromatic N) is 7. The molecule has 0 spiro atoms. The molecule has 1 fully saturated rings. The van der Waals surface area contributed by atoms with Crippen molar-refractivity contribution in [2.75, 3.05) is 33.3 Å². The SMILES string of the molecule is Cc1c(COc2cc(OCc3cncc(C#N)c3)c(CN(C)C(C)c3nnn[nH]3)cc2Cl)cccc1-c1cccc(OCCCN2CC[C@@H](O)C2)c1C. The molecule has 1 unspecified atom stereocenters. The lowest BCUT2D eigenvalue weighted by atomic mass is 9.93. The van der Waals surface area contributed by atoms with Gasteiger partial charge in [0.25, 0.3) is 0 Å². The van der Waals surface area contributed by atoms with E-state index in [-0.39, 0.29) is 18.8 Å². The number of pyridine rings is 1. The highest BCUT2D eigenvalue weighted by Gasteiger charge is 2.21. The Balaban J connectivity index is 1.18. The number of aliphatic hydroxyl groups is 1. The zero-order valence-corrected chi connectivity index (χ0v) is 31.3. The molecule has 0 saturated carbocycles. The van der Waals surface area contributed by atoms with Crippen LogP contribution in [0.2, 0.25) is 5.02 Å². The number of benzene rings is 3. The van der Waals surface area contributed by atoms with Crippen molar-refractivity contribution in [1.82, 2.24) is 35.4 Å². The van der Waals surface area contributed by atoms with Crippen molar-refractivity contribution in [1.29, 1.82) is 5.26 Å². The molecule has 6 rings (SSSR count). The fourth-order valence-electron chi connectivity index (χ4n) is 6.53. The van der Waals surface area contributed by atoms with Gasteiger partial charge in [-0.15, -0.1) is 5.10 Å². The first kappa shape index (κ1) is 37.7. The molecule has 5 aromatic rings. The number of ether oxygens (including phenoxy) is 3. The largest absolute Gasteiger partial charge is 0.493 e. The number of H-pyrrole nitrogens is 1. The van der Waals surface area contributed by atoms with Crippen molar-refractivity contribution in [2.45, 2.75) is 65.5 Å². The minimum Gasteiger partial charge on any atom is -0.493 e. The number of hydrogen-bond acceptors (Lipinski definition) is 11. The van der Waals surface area contributed by atoms with E-state index in [9.17, 15) is 10.4 Å². The van der Waals surface area contributed by atoms with Gasteiger partial charge >= 0.3 is 0 Å². The van der Waals surface area contributed by atoms with Crippen LogP contribution in [0.5, 0.6) is 17.2 Å². The van der Waals surface area contributed by atoms with Crippen molar-refractivity contribution in [3.63, 3.8) is 0 Å². The second-order valence-corrected chi connectivity index (χ2v) is 13.9. The van der Waals surface area contributed by atoms with E-state index < -0.39 is 0 Å². The van der Waals surface area contributed by atoms with Gasteiger partial charge in [-0.25, -0.2) is 5.10 Å². The predicted octanol–water partition coefficient (Wildman–Crippen LogP) is 6.59. The van der Waals surface area contributed by atoms with Gasteiger partial charge in [-0.3, -0.25) is 9.88 Å². The minimum absolute atomic E-state index is 0.106. The van der Waals surface area contributed by atoms with Crippen LogP contribution >= 0.6 is 11.6 Å². The number of hydrogen-bond donors (Lipinski definition) is 2. The van der Waals surface area contributed by atoms with Crippen LogP contribution in [-0.4, -0.2) is 79.9 Å². The highest BCUT2D eigenvalue weighted by atomic mass is 35.5. The Hall–Kier alpha value is -5.06. The average Bonchev–Trinajstić information content (AvgIpc) is 3.86. The van der Waals surface area contributed by atoms with Crippen LogP contribution in [0.1, 0.15) is 65.0 Å². The van der Waals surface area contributed by atoms with Gasteiger partial charge in [0.15, 0.2) is 5.82 Å². The van der Waals surface area contributed by atoms with E-state index in [2.05, 4.69) is 73.5 Å². The number of aromatic nitrogens is 5. The molecule has 2 aromatic heterocycles. The zero-order valence-electron chi connectivity index (χ0n) is 30.5. The molecule has 0 aliphatic carbocycles. The molecule has 53 heavy (non-hydrogen) atoms. The van der Waals surface area contributed by atoms with Crippen LogP contribution in [0, 0.1) is 25.2 Å². The van der Waals surface area contributed by atoms with E-state index in [0.29, 0.717) is 47.7 Å². The lowest BCUT2D eigenvalue weighted by Crippen LogP contribution is -2.24. The smallest absolute Gasteiger partial charge is 0.165 e. The van der Waals surface area contributed by atoms with E-state index in [0.717, 1.165) is 77.2 Å². The van der Waals surface area contributed by atoms with E-state index in [1.807, 2.05) is 44.3 Å². The van der Waals surface area contributed by atoms with E-state index in [4.69, 9.17) is 25.8 Å². The molecule has 2 atom stereocenters. The molecule has 276 valence electrons. The van der Waals surface area contributed by atoms with Gasteiger partial charge in [0.1, 0.15) is 36.5 Å². The Kier molecular flexibility index (Phi) is 12.5. The summed E-state index contributed by atoms with van der Waals surface area (Å²) in [6.45, 7) is 10.4. The van der Waals surface area contributed by atoms with Gasteiger partial charge in [0.2, 0.25) is 0 Å². The van der Waals surface area contributed by atoms with Gasteiger partial charge < -0.3 is 24.2 Å². The second-order valence-electron chi connectivity index (χ2n) is 13.5. The quantitative estimate of drug-likeness (QED) is 0.106. The van der Waals surface area contributed by atoms with Crippen LogP contribution in [0.4, 0.5) is 0 Å². The van der Waals surface area contributed by atoms with E-state index in [1.54, 1.807) is 12.3 Å². The minimum atomic E-state index is -0.206. The summed E-state index contributed by atoms with van der Waals surface area (Å²) in [5, 5.41) is 33.9. The number of β-amino-alcohol motifs (C(OH)–C–C–N with tert-alkyl or cyclic N) is 1. The first-order valence-corrected chi connectivity index (χ1v) is 18.2. The third-order valence-electron chi connectivity index (χ3n) is 9.80. The third-order valence-corrected chi connectivity index (χ3v) is 10.1. The Morgan fingerprint density at radius 2 is 1.79 bits per heavy atom. The molecule has 0 bridgehead atoms. The summed E-state index contributed by atoms with van der Waals surface area (Å²) in [5.74, 6) is 2.60. The molecule has 0 radical (unpaired) electrons. The first-order chi connectivity index (χ1) is 25.7. The third kappa shape index (κ3) is 9.49. The maximum Gasteiger partial charge on any atom is 0.165 e. The lowest BCUT2D eigenvalue weighted by molar-refractivity contribution is 0.173. The van der Waals surface area contributed by atoms with E-state index in [1.165, 1.54) is 6.20 Å². The first-order valence-electron chi connectivity index (χ1n) is 17.8. The van der Waals surface area contributed by atoms with Crippen molar-refractivity contribution in [3.05, 3.63) is 111 Å². The Morgan fingerprint density at radius 1 is 1.00 bits per heavy atom. The summed E-state index contributed by atoms with van der Waals surface area (Å²) >= 11 is 6.88. The summed E-state index contributed by atoms with van der Waals surface area (Å²) in [6.07, 6.45) is 4.75. The van der Waals surface area contributed by atoms with Crippen molar-refractivity contribution in [2.24, 2.45) is 0 Å². The van der Waals surface area contributed by atoms with Gasteiger partial charge in [-0.1, -0.05) is 41.9 Å². The molecule has 3 aromatic carbocycles. The van der Waals surface area contributed by atoms with Gasteiger partial charge in [-0.05, 0) is 97.1 Å². The van der Waals surface area contributed by atoms with Crippen molar-refractivity contribution >= 4 is 11.6 Å². The molecule has 12 nitrogen and oxygen atoms in total. The van der Waals surface area contributed by atoms with Crippen LogP contribution in [0.3, 0.4) is 0 Å². The molecular weight excluding hydrogens is 692 g/mol. The Labute approximate surface area is 315 Å². The van der Waals surface area contributed by atoms with Gasteiger partial charge in [-0.2, -0.15) is 5.26 Å². The highest BCUT2D eigenvalue weighted by Crippen LogP contribution is 2.37. The molecule has 1 saturated heterocycles. The average molecular weight is 737 g/mol. The number of tetrazole rings is 1. The second kappa shape index (κ2) is 17.6. The van der Waals surface area contributed by atoms with Gasteiger partial charge in [0.05, 0.1) is 29.3 Å². The standard InChI is InChI=1S/C40H45ClN8O4/c1-26-31(8-5-9-34(26)35-10-6-11-37(27(35)2)51-15-7-13-49-14-12-33(50)23-49)25-53-39-18-38(52-24-30-16-29(19-42)20-43-21-30)32(17-36(39)41)22-48(4)28(3)40-44-46-47-45-40/h5-6,8-11,16-18,20-21,28,33,50H,7,12-15,22-25H2,1-4H3,(H,44,45,46,47)/t28?,33-/m1/s1. The highest BCUT2D eigenvalue weighted by molar-refractivity contribution is 6.32. The molecule has 1 aliphatic rings. The molecular formula is C40H45ClN8O4. The molecule has 0 amide bonds. The summed E-state index contributed by atoms with van der Waals surface area (Å²) in [4.78, 5) is 8.54. The Morgan fingerprint density at radius 3 is 2.55 bits per heavy atom. The summed E-state index contributed by atoms with van der Waals surface area (Å²) < 4.78 is 19.0. The molecule has 13 heteroatoms. The van der Waals surface area contributed by atoms with Crippen molar-refractivity contribution < 1.29 is 19.3 Å². The van der Waals surface area contributed by atoms with Crippen molar-refractivity contribution in [3.8, 4) is 34.4 Å². The van der Waals surface area contributed by atoms with Crippen LogP contribution < -0.4 is 14.2 Å². The maximum absolute atomic E-state index is 9.80. The van der Waals surface area contributed by atoms with Gasteiger partial charge in [0, 0.05) is 55.8 Å². The normalized spacial score (nSPS) is 15.0. The number of aromatic amines is 1. The number of rotatable bonds is 16. The summed E-state index contributed by atoms with van der Waals surface area (Å²) in [6, 6.07) is 19.9. The fraction of sp³-hybridized carbons (Fsp3) is 0.375. The number of aliphatic hydroxyl groups excluding tert-OH is 1. The molecule has 1 aliphatic heterocycles. The fourth-order valence-corrected chi connectivity index (χ4v) is 6.77. The number of likely N-dealkylation sites (tertiary alicyclic amines) is 1. The lowest BCUT2D eigenvalue weighted by Gasteiger charge is -2.24. The number of nitriles is 1. The van der Waals surface area contributed by atoms with Crippen LogP contribution in [-0.2, 0) is 19.8 Å². The maximum atomic E-state index is 9.80. The number of halogens is 1. The summed E-state index contributed by atoms with van der Waals surface area (Å²) in [5.41, 5.74) is 7.50. The molecule has 2 N–H and O–H groups in total. The number of nitrogens with one attached hydrogen (secondary N) is 1. The van der Waals surface area contributed by atoms with E-state index >= 15 is 0 Å².